The van der Waals surface area contributed by atoms with Crippen LogP contribution in [0.4, 0.5) is 0 Å². The maximum absolute atomic E-state index is 13.1. The number of alkyl halides is 1. The number of amides is 1. The van der Waals surface area contributed by atoms with E-state index in [0.29, 0.717) is 5.88 Å². The van der Waals surface area contributed by atoms with Crippen LogP contribution in [0.2, 0.25) is 0 Å². The molecule has 0 saturated carbocycles. The van der Waals surface area contributed by atoms with Crippen LogP contribution in [0.3, 0.4) is 0 Å². The van der Waals surface area contributed by atoms with Crippen LogP contribution in [-0.2, 0) is 11.2 Å². The van der Waals surface area contributed by atoms with Crippen LogP contribution in [0.5, 0.6) is 0 Å². The Balaban J connectivity index is 2.05. The number of carbonyl (C=O) groups excluding carboxylic acids is 1. The molecule has 1 atom stereocenters. The first kappa shape index (κ1) is 16.5. The van der Waals surface area contributed by atoms with Crippen LogP contribution >= 0.6 is 22.9 Å². The molecule has 0 aliphatic carbocycles. The van der Waals surface area contributed by atoms with Crippen LogP contribution in [0, 0.1) is 12.3 Å². The lowest BCUT2D eigenvalue weighted by molar-refractivity contribution is -0.141. The Morgan fingerprint density at radius 1 is 1.30 bits per heavy atom. The van der Waals surface area contributed by atoms with Crippen LogP contribution in [0.25, 0.3) is 0 Å². The van der Waals surface area contributed by atoms with E-state index in [9.17, 15) is 4.79 Å². The van der Waals surface area contributed by atoms with Gasteiger partial charge in [-0.25, -0.2) is 0 Å². The molecule has 0 saturated heterocycles. The molecule has 0 spiro atoms. The number of hydrogen-bond acceptors (Lipinski definition) is 2. The number of hydrogen-bond donors (Lipinski definition) is 0. The second-order valence-corrected chi connectivity index (χ2v) is 8.15. The minimum absolute atomic E-state index is 0.000548. The quantitative estimate of drug-likeness (QED) is 0.730. The molecule has 2 aromatic rings. The van der Waals surface area contributed by atoms with Gasteiger partial charge in [0.25, 0.3) is 0 Å². The van der Waals surface area contributed by atoms with E-state index < -0.39 is 5.41 Å². The number of thiophene rings is 1. The first-order valence-corrected chi connectivity index (χ1v) is 9.35. The summed E-state index contributed by atoms with van der Waals surface area (Å²) >= 11 is 7.85. The van der Waals surface area contributed by atoms with Gasteiger partial charge in [-0.1, -0.05) is 29.8 Å². The molecule has 2 nitrogen and oxygen atoms in total. The smallest absolute Gasteiger partial charge is 0.230 e. The fraction of sp³-hybridized carbons (Fsp3) is 0.421. The van der Waals surface area contributed by atoms with Crippen LogP contribution in [0.15, 0.2) is 35.7 Å². The lowest BCUT2D eigenvalue weighted by Crippen LogP contribution is -2.47. The Hall–Kier alpha value is -1.32. The molecule has 1 aliphatic rings. The van der Waals surface area contributed by atoms with Crippen LogP contribution in [0.1, 0.15) is 41.5 Å². The van der Waals surface area contributed by atoms with Crippen molar-refractivity contribution in [3.8, 4) is 0 Å². The van der Waals surface area contributed by atoms with Gasteiger partial charge in [-0.05, 0) is 49.8 Å². The van der Waals surface area contributed by atoms with Crippen LogP contribution < -0.4 is 0 Å². The predicted octanol–water partition coefficient (Wildman–Crippen LogP) is 4.80. The number of fused-ring (bicyclic) bond motifs is 1. The first-order chi connectivity index (χ1) is 10.9. The maximum atomic E-state index is 13.1. The zero-order chi connectivity index (χ0) is 16.6. The van der Waals surface area contributed by atoms with Crippen molar-refractivity contribution in [2.45, 2.75) is 33.2 Å². The Labute approximate surface area is 147 Å². The Morgan fingerprint density at radius 2 is 2.00 bits per heavy atom. The third-order valence-electron chi connectivity index (χ3n) is 4.53. The lowest BCUT2D eigenvalue weighted by atomic mass is 9.88. The Bertz CT molecular complexity index is 704. The van der Waals surface area contributed by atoms with Gasteiger partial charge in [0.1, 0.15) is 0 Å². The Kier molecular flexibility index (Phi) is 4.52. The molecule has 122 valence electrons. The van der Waals surface area contributed by atoms with E-state index >= 15 is 0 Å². The standard InChI is InChI=1S/C19H22ClNOS/c1-13-4-6-14(7-5-13)17-15-9-11-23-16(15)8-10-21(17)18(22)19(2,3)12-20/h4-7,9,11,17H,8,10,12H2,1-3H3/t17-/m0/s1. The van der Waals surface area contributed by atoms with Crippen molar-refractivity contribution in [1.29, 1.82) is 0 Å². The van der Waals surface area contributed by atoms with E-state index in [2.05, 4.69) is 42.6 Å². The molecular formula is C19H22ClNOS. The number of halogens is 1. The average Bonchev–Trinajstić information content (AvgIpc) is 3.02. The molecule has 0 N–H and O–H groups in total. The van der Waals surface area contributed by atoms with Crippen LogP contribution in [-0.4, -0.2) is 23.2 Å². The molecule has 0 fully saturated rings. The van der Waals surface area contributed by atoms with E-state index in [1.807, 2.05) is 18.7 Å². The number of benzene rings is 1. The van der Waals surface area contributed by atoms with Gasteiger partial charge in [-0.15, -0.1) is 22.9 Å². The van der Waals surface area contributed by atoms with Crippen molar-refractivity contribution in [2.75, 3.05) is 12.4 Å². The van der Waals surface area contributed by atoms with Crippen molar-refractivity contribution < 1.29 is 4.79 Å². The zero-order valence-electron chi connectivity index (χ0n) is 13.8. The summed E-state index contributed by atoms with van der Waals surface area (Å²) in [6.45, 7) is 6.70. The fourth-order valence-electron chi connectivity index (χ4n) is 3.09. The number of nitrogens with zero attached hydrogens (tertiary/aromatic N) is 1. The van der Waals surface area contributed by atoms with E-state index in [1.165, 1.54) is 21.6 Å². The van der Waals surface area contributed by atoms with E-state index in [1.54, 1.807) is 11.3 Å². The largest absolute Gasteiger partial charge is 0.331 e. The summed E-state index contributed by atoms with van der Waals surface area (Å²) in [6, 6.07) is 10.7. The summed E-state index contributed by atoms with van der Waals surface area (Å²) in [5, 5.41) is 2.13. The zero-order valence-corrected chi connectivity index (χ0v) is 15.4. The minimum Gasteiger partial charge on any atom is -0.331 e. The highest BCUT2D eigenvalue weighted by Crippen LogP contribution is 2.40. The molecule has 3 rings (SSSR count). The number of carbonyl (C=O) groups is 1. The Morgan fingerprint density at radius 3 is 2.65 bits per heavy atom. The van der Waals surface area contributed by atoms with Gasteiger partial charge < -0.3 is 4.90 Å². The molecule has 4 heteroatoms. The molecule has 0 unspecified atom stereocenters. The average molecular weight is 348 g/mol. The van der Waals surface area contributed by atoms with E-state index in [0.717, 1.165) is 13.0 Å². The summed E-state index contributed by atoms with van der Waals surface area (Å²) in [6.07, 6.45) is 0.930. The van der Waals surface area contributed by atoms with Gasteiger partial charge in [0.2, 0.25) is 5.91 Å². The van der Waals surface area contributed by atoms with Crippen molar-refractivity contribution in [3.63, 3.8) is 0 Å². The third kappa shape index (κ3) is 3.05. The minimum atomic E-state index is -0.544. The van der Waals surface area contributed by atoms with Gasteiger partial charge in [0, 0.05) is 17.3 Å². The molecular weight excluding hydrogens is 326 g/mol. The SMILES string of the molecule is Cc1ccc([C@H]2c3ccsc3CCN2C(=O)C(C)(C)CCl)cc1. The predicted molar refractivity (Wildman–Crippen MR) is 97.3 cm³/mol. The molecule has 1 aromatic carbocycles. The topological polar surface area (TPSA) is 20.3 Å². The lowest BCUT2D eigenvalue weighted by Gasteiger charge is -2.40. The molecule has 1 aliphatic heterocycles. The number of rotatable bonds is 3. The molecule has 23 heavy (non-hydrogen) atoms. The highest BCUT2D eigenvalue weighted by Gasteiger charge is 2.39. The van der Waals surface area contributed by atoms with Gasteiger partial charge >= 0.3 is 0 Å². The molecule has 1 aromatic heterocycles. The number of aryl methyl sites for hydroxylation is 1. The molecule has 0 bridgehead atoms. The van der Waals surface area contributed by atoms with Crippen molar-refractivity contribution >= 4 is 28.8 Å². The van der Waals surface area contributed by atoms with Gasteiger partial charge in [-0.3, -0.25) is 4.79 Å². The molecule has 0 radical (unpaired) electrons. The third-order valence-corrected chi connectivity index (χ3v) is 6.20. The van der Waals surface area contributed by atoms with E-state index in [4.69, 9.17) is 11.6 Å². The van der Waals surface area contributed by atoms with Gasteiger partial charge in [-0.2, -0.15) is 0 Å². The highest BCUT2D eigenvalue weighted by atomic mass is 35.5. The second-order valence-electron chi connectivity index (χ2n) is 6.88. The van der Waals surface area contributed by atoms with Gasteiger partial charge in [0.05, 0.1) is 11.5 Å². The summed E-state index contributed by atoms with van der Waals surface area (Å²) in [5.74, 6) is 0.467. The summed E-state index contributed by atoms with van der Waals surface area (Å²) in [5.41, 5.74) is 3.13. The maximum Gasteiger partial charge on any atom is 0.230 e. The fourth-order valence-corrected chi connectivity index (χ4v) is 4.11. The summed E-state index contributed by atoms with van der Waals surface area (Å²) in [7, 11) is 0. The summed E-state index contributed by atoms with van der Waals surface area (Å²) < 4.78 is 0. The van der Waals surface area contributed by atoms with Crippen molar-refractivity contribution in [2.24, 2.45) is 5.41 Å². The summed E-state index contributed by atoms with van der Waals surface area (Å²) in [4.78, 5) is 16.5. The normalized spacial score (nSPS) is 17.9. The highest BCUT2D eigenvalue weighted by molar-refractivity contribution is 7.10. The first-order valence-electron chi connectivity index (χ1n) is 7.94. The monoisotopic (exact) mass is 347 g/mol. The van der Waals surface area contributed by atoms with Crippen molar-refractivity contribution in [3.05, 3.63) is 57.3 Å². The van der Waals surface area contributed by atoms with Crippen molar-refractivity contribution in [1.82, 2.24) is 4.90 Å². The molecule has 2 heterocycles. The van der Waals surface area contributed by atoms with E-state index in [-0.39, 0.29) is 11.9 Å². The molecule has 1 amide bonds. The second kappa shape index (κ2) is 6.29. The van der Waals surface area contributed by atoms with Gasteiger partial charge in [0.15, 0.2) is 0 Å².